The monoisotopic (exact) mass is 377 g/mol. The SMILES string of the molecule is CCNC(=NCc1coc(-c2cccs2)n1)NCCCN1CCOCC1. The minimum absolute atomic E-state index is 0.494. The normalized spacial score (nSPS) is 16.0. The number of guanidine groups is 1. The molecular weight excluding hydrogens is 350 g/mol. The van der Waals surface area contributed by atoms with Crippen LogP contribution < -0.4 is 10.6 Å². The maximum absolute atomic E-state index is 5.54. The number of rotatable bonds is 8. The summed E-state index contributed by atoms with van der Waals surface area (Å²) in [7, 11) is 0. The van der Waals surface area contributed by atoms with Gasteiger partial charge in [0.25, 0.3) is 0 Å². The number of morpholine rings is 1. The number of thiophene rings is 1. The molecule has 2 aromatic rings. The molecule has 7 nitrogen and oxygen atoms in total. The molecule has 0 atom stereocenters. The largest absolute Gasteiger partial charge is 0.443 e. The molecule has 2 aromatic heterocycles. The highest BCUT2D eigenvalue weighted by Gasteiger charge is 2.10. The topological polar surface area (TPSA) is 74.9 Å². The standard InChI is InChI=1S/C18H27N5O2S/c1-2-19-18(20-6-4-7-23-8-10-24-11-9-23)21-13-15-14-25-17(22-15)16-5-3-12-26-16/h3,5,12,14H,2,4,6-11,13H2,1H3,(H2,19,20,21). The van der Waals surface area contributed by atoms with Crippen molar-refractivity contribution in [3.63, 3.8) is 0 Å². The van der Waals surface area contributed by atoms with Crippen LogP contribution in [0.3, 0.4) is 0 Å². The van der Waals surface area contributed by atoms with Crippen molar-refractivity contribution in [3.05, 3.63) is 29.5 Å². The van der Waals surface area contributed by atoms with Gasteiger partial charge in [-0.2, -0.15) is 0 Å². The average molecular weight is 378 g/mol. The van der Waals surface area contributed by atoms with Crippen molar-refractivity contribution in [2.75, 3.05) is 45.9 Å². The van der Waals surface area contributed by atoms with Crippen LogP contribution in [-0.2, 0) is 11.3 Å². The molecule has 3 heterocycles. The Labute approximate surface area is 158 Å². The van der Waals surface area contributed by atoms with E-state index in [1.165, 1.54) is 0 Å². The zero-order chi connectivity index (χ0) is 18.0. The summed E-state index contributed by atoms with van der Waals surface area (Å²) in [6.07, 6.45) is 2.76. The van der Waals surface area contributed by atoms with Crippen LogP contribution in [0.2, 0.25) is 0 Å². The highest BCUT2D eigenvalue weighted by Crippen LogP contribution is 2.23. The van der Waals surface area contributed by atoms with Crippen molar-refractivity contribution in [3.8, 4) is 10.8 Å². The third-order valence-corrected chi connectivity index (χ3v) is 4.93. The minimum atomic E-state index is 0.494. The summed E-state index contributed by atoms with van der Waals surface area (Å²) in [5.74, 6) is 1.48. The Morgan fingerprint density at radius 2 is 2.23 bits per heavy atom. The highest BCUT2D eigenvalue weighted by molar-refractivity contribution is 7.13. The Morgan fingerprint density at radius 1 is 1.35 bits per heavy atom. The van der Waals surface area contributed by atoms with E-state index in [0.717, 1.165) is 68.9 Å². The van der Waals surface area contributed by atoms with Crippen molar-refractivity contribution in [1.29, 1.82) is 0 Å². The number of nitrogens with one attached hydrogen (secondary N) is 2. The summed E-state index contributed by atoms with van der Waals surface area (Å²) in [4.78, 5) is 12.6. The summed E-state index contributed by atoms with van der Waals surface area (Å²) in [6, 6.07) is 4.00. The number of oxazole rings is 1. The van der Waals surface area contributed by atoms with Gasteiger partial charge in [-0.25, -0.2) is 9.98 Å². The van der Waals surface area contributed by atoms with Gasteiger partial charge in [-0.15, -0.1) is 11.3 Å². The van der Waals surface area contributed by atoms with Gasteiger partial charge in [-0.05, 0) is 31.3 Å². The second-order valence-electron chi connectivity index (χ2n) is 6.05. The van der Waals surface area contributed by atoms with Crippen molar-refractivity contribution in [2.45, 2.75) is 19.9 Å². The molecule has 1 saturated heterocycles. The fourth-order valence-corrected chi connectivity index (χ4v) is 3.38. The summed E-state index contributed by atoms with van der Waals surface area (Å²) in [5, 5.41) is 8.68. The molecule has 0 radical (unpaired) electrons. The van der Waals surface area contributed by atoms with E-state index < -0.39 is 0 Å². The second-order valence-corrected chi connectivity index (χ2v) is 7.00. The van der Waals surface area contributed by atoms with Gasteiger partial charge in [0, 0.05) is 26.2 Å². The molecule has 0 saturated carbocycles. The molecule has 8 heteroatoms. The molecule has 1 fully saturated rings. The Balaban J connectivity index is 1.44. The van der Waals surface area contributed by atoms with Crippen LogP contribution in [0.25, 0.3) is 10.8 Å². The zero-order valence-electron chi connectivity index (χ0n) is 15.2. The van der Waals surface area contributed by atoms with Gasteiger partial charge in [-0.3, -0.25) is 4.90 Å². The van der Waals surface area contributed by atoms with Crippen molar-refractivity contribution in [2.24, 2.45) is 4.99 Å². The molecule has 3 rings (SSSR count). The number of aliphatic imine (C=N–C) groups is 1. The van der Waals surface area contributed by atoms with Crippen LogP contribution in [0.5, 0.6) is 0 Å². The molecule has 0 aromatic carbocycles. The highest BCUT2D eigenvalue weighted by atomic mass is 32.1. The molecule has 26 heavy (non-hydrogen) atoms. The fourth-order valence-electron chi connectivity index (χ4n) is 2.73. The lowest BCUT2D eigenvalue weighted by molar-refractivity contribution is 0.0376. The van der Waals surface area contributed by atoms with E-state index in [0.29, 0.717) is 12.4 Å². The van der Waals surface area contributed by atoms with Gasteiger partial charge in [0.05, 0.1) is 24.6 Å². The quantitative estimate of drug-likeness (QED) is 0.417. The van der Waals surface area contributed by atoms with E-state index in [1.807, 2.05) is 17.5 Å². The number of ether oxygens (including phenoxy) is 1. The van der Waals surface area contributed by atoms with Gasteiger partial charge >= 0.3 is 0 Å². The van der Waals surface area contributed by atoms with Crippen molar-refractivity contribution in [1.82, 2.24) is 20.5 Å². The predicted molar refractivity (Wildman–Crippen MR) is 105 cm³/mol. The molecular formula is C18H27N5O2S. The predicted octanol–water partition coefficient (Wildman–Crippen LogP) is 2.18. The molecule has 1 aliphatic heterocycles. The maximum atomic E-state index is 5.54. The Bertz CT molecular complexity index is 665. The molecule has 1 aliphatic rings. The summed E-state index contributed by atoms with van der Waals surface area (Å²) in [5.41, 5.74) is 0.832. The Hall–Kier alpha value is -1.90. The summed E-state index contributed by atoms with van der Waals surface area (Å²) >= 11 is 1.62. The first kappa shape index (κ1) is 18.9. The fraction of sp³-hybridized carbons (Fsp3) is 0.556. The van der Waals surface area contributed by atoms with Crippen LogP contribution in [0.4, 0.5) is 0 Å². The first-order valence-electron chi connectivity index (χ1n) is 9.15. The Kier molecular flexibility index (Phi) is 7.48. The van der Waals surface area contributed by atoms with Crippen LogP contribution in [-0.4, -0.2) is 61.8 Å². The van der Waals surface area contributed by atoms with Gasteiger partial charge in [0.2, 0.25) is 5.89 Å². The molecule has 142 valence electrons. The lowest BCUT2D eigenvalue weighted by atomic mass is 10.3. The van der Waals surface area contributed by atoms with Crippen LogP contribution in [0.1, 0.15) is 19.0 Å². The van der Waals surface area contributed by atoms with E-state index >= 15 is 0 Å². The third kappa shape index (κ3) is 5.82. The molecule has 0 bridgehead atoms. The van der Waals surface area contributed by atoms with E-state index in [2.05, 4.69) is 32.4 Å². The third-order valence-electron chi connectivity index (χ3n) is 4.07. The van der Waals surface area contributed by atoms with Crippen molar-refractivity contribution < 1.29 is 9.15 Å². The molecule has 0 unspecified atom stereocenters. The van der Waals surface area contributed by atoms with E-state index in [-0.39, 0.29) is 0 Å². The van der Waals surface area contributed by atoms with Gasteiger partial charge < -0.3 is 19.8 Å². The van der Waals surface area contributed by atoms with Crippen molar-refractivity contribution >= 4 is 17.3 Å². The van der Waals surface area contributed by atoms with Gasteiger partial charge in [0.15, 0.2) is 5.96 Å². The van der Waals surface area contributed by atoms with Crippen LogP contribution in [0, 0.1) is 0 Å². The van der Waals surface area contributed by atoms with Crippen LogP contribution >= 0.6 is 11.3 Å². The molecule has 0 spiro atoms. The van der Waals surface area contributed by atoms with Crippen LogP contribution in [0.15, 0.2) is 33.2 Å². The first-order valence-corrected chi connectivity index (χ1v) is 10.0. The summed E-state index contributed by atoms with van der Waals surface area (Å²) < 4.78 is 10.9. The second kappa shape index (κ2) is 10.3. The molecule has 0 aliphatic carbocycles. The zero-order valence-corrected chi connectivity index (χ0v) is 16.1. The number of hydrogen-bond donors (Lipinski definition) is 2. The minimum Gasteiger partial charge on any atom is -0.443 e. The summed E-state index contributed by atoms with van der Waals surface area (Å²) in [6.45, 7) is 9.13. The van der Waals surface area contributed by atoms with E-state index in [9.17, 15) is 0 Å². The molecule has 0 amide bonds. The van der Waals surface area contributed by atoms with E-state index in [1.54, 1.807) is 17.6 Å². The van der Waals surface area contributed by atoms with E-state index in [4.69, 9.17) is 9.15 Å². The van der Waals surface area contributed by atoms with Gasteiger partial charge in [-0.1, -0.05) is 6.07 Å². The lowest BCUT2D eigenvalue weighted by Gasteiger charge is -2.26. The average Bonchev–Trinajstić information content (AvgIpc) is 3.35. The number of aromatic nitrogens is 1. The lowest BCUT2D eigenvalue weighted by Crippen LogP contribution is -2.40. The maximum Gasteiger partial charge on any atom is 0.236 e. The molecule has 2 N–H and O–H groups in total. The number of nitrogens with zero attached hydrogens (tertiary/aromatic N) is 3. The first-order chi connectivity index (χ1) is 12.8. The Morgan fingerprint density at radius 3 is 3.00 bits per heavy atom. The smallest absolute Gasteiger partial charge is 0.236 e. The number of hydrogen-bond acceptors (Lipinski definition) is 6. The van der Waals surface area contributed by atoms with Gasteiger partial charge in [0.1, 0.15) is 12.0 Å².